The molecule has 0 amide bonds. The van der Waals surface area contributed by atoms with Gasteiger partial charge in [-0.05, 0) is 31.0 Å². The summed E-state index contributed by atoms with van der Waals surface area (Å²) in [6, 6.07) is 6.15. The smallest absolute Gasteiger partial charge is 0.183 e. The van der Waals surface area contributed by atoms with Crippen molar-refractivity contribution in [2.45, 2.75) is 19.4 Å². The highest BCUT2D eigenvalue weighted by molar-refractivity contribution is 7.15. The van der Waals surface area contributed by atoms with Crippen molar-refractivity contribution in [2.24, 2.45) is 0 Å². The second-order valence-corrected chi connectivity index (χ2v) is 6.90. The first-order chi connectivity index (χ1) is 9.72. The van der Waals surface area contributed by atoms with Gasteiger partial charge < -0.3 is 10.2 Å². The topological polar surface area (TPSA) is 28.2 Å². The Bertz CT molecular complexity index is 594. The molecule has 0 atom stereocenters. The van der Waals surface area contributed by atoms with Gasteiger partial charge in [-0.3, -0.25) is 0 Å². The third kappa shape index (κ3) is 3.19. The van der Waals surface area contributed by atoms with Crippen LogP contribution in [0.25, 0.3) is 0 Å². The lowest BCUT2D eigenvalue weighted by molar-refractivity contribution is 0.949. The van der Waals surface area contributed by atoms with Gasteiger partial charge in [-0.1, -0.05) is 23.2 Å². The largest absolute Gasteiger partial charge is 0.380 e. The van der Waals surface area contributed by atoms with Crippen LogP contribution in [0.1, 0.15) is 17.7 Å². The normalized spacial score (nSPS) is 14.8. The van der Waals surface area contributed by atoms with E-state index in [9.17, 15) is 0 Å². The number of rotatable bonds is 4. The average molecular weight is 328 g/mol. The van der Waals surface area contributed by atoms with E-state index in [4.69, 9.17) is 23.2 Å². The van der Waals surface area contributed by atoms with Crippen molar-refractivity contribution in [1.29, 1.82) is 0 Å². The van der Waals surface area contributed by atoms with Crippen LogP contribution in [0, 0.1) is 0 Å². The number of anilines is 2. The van der Waals surface area contributed by atoms with Gasteiger partial charge in [-0.2, -0.15) is 0 Å². The second kappa shape index (κ2) is 6.20. The minimum Gasteiger partial charge on any atom is -0.380 e. The fourth-order valence-electron chi connectivity index (χ4n) is 2.39. The van der Waals surface area contributed by atoms with E-state index in [2.05, 4.69) is 27.3 Å². The van der Waals surface area contributed by atoms with Gasteiger partial charge in [0.25, 0.3) is 0 Å². The molecule has 0 spiro atoms. The first-order valence-electron chi connectivity index (χ1n) is 6.61. The maximum atomic E-state index is 6.38. The molecule has 1 saturated heterocycles. The lowest BCUT2D eigenvalue weighted by Gasteiger charge is -2.19. The molecule has 0 saturated carbocycles. The Morgan fingerprint density at radius 3 is 2.70 bits per heavy atom. The maximum absolute atomic E-state index is 6.38. The molecule has 0 aliphatic carbocycles. The lowest BCUT2D eigenvalue weighted by atomic mass is 10.2. The average Bonchev–Trinajstić information content (AvgIpc) is 3.08. The number of aromatic nitrogens is 1. The molecule has 20 heavy (non-hydrogen) atoms. The molecule has 1 N–H and O–H groups in total. The summed E-state index contributed by atoms with van der Waals surface area (Å²) in [7, 11) is 0. The predicted molar refractivity (Wildman–Crippen MR) is 87.3 cm³/mol. The molecule has 0 bridgehead atoms. The molecule has 3 nitrogen and oxygen atoms in total. The fraction of sp³-hybridized carbons (Fsp3) is 0.357. The van der Waals surface area contributed by atoms with Crippen LogP contribution in [0.5, 0.6) is 0 Å². The Kier molecular flexibility index (Phi) is 4.34. The van der Waals surface area contributed by atoms with E-state index in [0.717, 1.165) is 34.4 Å². The Morgan fingerprint density at radius 2 is 2.05 bits per heavy atom. The minimum atomic E-state index is 0.573. The Hall–Kier alpha value is -0.970. The van der Waals surface area contributed by atoms with Crippen molar-refractivity contribution in [3.63, 3.8) is 0 Å². The van der Waals surface area contributed by atoms with E-state index in [-0.39, 0.29) is 0 Å². The van der Waals surface area contributed by atoms with Crippen molar-refractivity contribution in [1.82, 2.24) is 4.98 Å². The standard InChI is InChI=1S/C14H15Cl2N3S/c15-12-7-10(17-8-11-9-18-14(16)20-11)3-4-13(12)19-5-1-2-6-19/h3-4,7,9,17H,1-2,5-6,8H2. The van der Waals surface area contributed by atoms with E-state index in [1.807, 2.05) is 6.07 Å². The van der Waals surface area contributed by atoms with Crippen LogP contribution in [-0.2, 0) is 6.54 Å². The lowest BCUT2D eigenvalue weighted by Crippen LogP contribution is -2.17. The van der Waals surface area contributed by atoms with Gasteiger partial charge in [-0.15, -0.1) is 11.3 Å². The van der Waals surface area contributed by atoms with Crippen LogP contribution in [0.2, 0.25) is 9.49 Å². The summed E-state index contributed by atoms with van der Waals surface area (Å²) in [4.78, 5) is 7.47. The third-order valence-electron chi connectivity index (χ3n) is 3.39. The molecule has 2 aromatic rings. The first kappa shape index (κ1) is 14.0. The van der Waals surface area contributed by atoms with E-state index in [0.29, 0.717) is 11.0 Å². The SMILES string of the molecule is Clc1ncc(CNc2ccc(N3CCCC3)c(Cl)c2)s1. The second-order valence-electron chi connectivity index (χ2n) is 4.79. The molecule has 6 heteroatoms. The summed E-state index contributed by atoms with van der Waals surface area (Å²) >= 11 is 13.7. The molecule has 1 aromatic carbocycles. The van der Waals surface area contributed by atoms with Crippen LogP contribution in [0.15, 0.2) is 24.4 Å². The summed E-state index contributed by atoms with van der Waals surface area (Å²) in [6.07, 6.45) is 4.30. The van der Waals surface area contributed by atoms with Crippen molar-refractivity contribution in [3.05, 3.63) is 38.8 Å². The Balaban J connectivity index is 1.67. The van der Waals surface area contributed by atoms with Gasteiger partial charge in [0, 0.05) is 29.9 Å². The highest BCUT2D eigenvalue weighted by Crippen LogP contribution is 2.31. The zero-order chi connectivity index (χ0) is 13.9. The van der Waals surface area contributed by atoms with Crippen LogP contribution in [0.3, 0.4) is 0 Å². The molecule has 1 aliphatic heterocycles. The van der Waals surface area contributed by atoms with Crippen molar-refractivity contribution in [2.75, 3.05) is 23.3 Å². The van der Waals surface area contributed by atoms with Gasteiger partial charge >= 0.3 is 0 Å². The predicted octanol–water partition coefficient (Wildman–Crippen LogP) is 4.66. The number of hydrogen-bond acceptors (Lipinski definition) is 4. The molecule has 2 heterocycles. The molecular weight excluding hydrogens is 313 g/mol. The van der Waals surface area contributed by atoms with Gasteiger partial charge in [0.05, 0.1) is 17.3 Å². The molecular formula is C14H15Cl2N3S. The summed E-state index contributed by atoms with van der Waals surface area (Å²) in [6.45, 7) is 2.92. The molecule has 3 rings (SSSR count). The number of nitrogens with zero attached hydrogens (tertiary/aromatic N) is 2. The number of benzene rings is 1. The molecule has 106 valence electrons. The number of hydrogen-bond donors (Lipinski definition) is 1. The highest BCUT2D eigenvalue weighted by Gasteiger charge is 2.15. The zero-order valence-corrected chi connectivity index (χ0v) is 13.2. The maximum Gasteiger partial charge on any atom is 0.183 e. The summed E-state index contributed by atoms with van der Waals surface area (Å²) in [5.41, 5.74) is 2.15. The van der Waals surface area contributed by atoms with Gasteiger partial charge in [-0.25, -0.2) is 4.98 Å². The summed E-state index contributed by atoms with van der Waals surface area (Å²) in [5.74, 6) is 0. The van der Waals surface area contributed by atoms with Gasteiger partial charge in [0.2, 0.25) is 0 Å². The van der Waals surface area contributed by atoms with Crippen LogP contribution >= 0.6 is 34.5 Å². The van der Waals surface area contributed by atoms with Crippen molar-refractivity contribution < 1.29 is 0 Å². The van der Waals surface area contributed by atoms with Crippen molar-refractivity contribution in [3.8, 4) is 0 Å². The van der Waals surface area contributed by atoms with E-state index >= 15 is 0 Å². The Morgan fingerprint density at radius 1 is 1.25 bits per heavy atom. The minimum absolute atomic E-state index is 0.573. The number of nitrogens with one attached hydrogen (secondary N) is 1. The number of thiazole rings is 1. The van der Waals surface area contributed by atoms with Crippen LogP contribution < -0.4 is 10.2 Å². The van der Waals surface area contributed by atoms with E-state index < -0.39 is 0 Å². The van der Waals surface area contributed by atoms with E-state index in [1.54, 1.807) is 6.20 Å². The molecule has 1 fully saturated rings. The fourth-order valence-corrected chi connectivity index (χ4v) is 3.60. The first-order valence-corrected chi connectivity index (χ1v) is 8.18. The quantitative estimate of drug-likeness (QED) is 0.884. The van der Waals surface area contributed by atoms with Gasteiger partial charge in [0.15, 0.2) is 4.47 Å². The van der Waals surface area contributed by atoms with Gasteiger partial charge in [0.1, 0.15) is 0 Å². The molecule has 0 unspecified atom stereocenters. The number of halogens is 2. The summed E-state index contributed by atoms with van der Waals surface area (Å²) < 4.78 is 0.573. The summed E-state index contributed by atoms with van der Waals surface area (Å²) in [5, 5.41) is 4.15. The molecule has 0 radical (unpaired) electrons. The highest BCUT2D eigenvalue weighted by atomic mass is 35.5. The zero-order valence-electron chi connectivity index (χ0n) is 10.9. The van der Waals surface area contributed by atoms with Crippen LogP contribution in [-0.4, -0.2) is 18.1 Å². The van der Waals surface area contributed by atoms with E-state index in [1.165, 1.54) is 24.2 Å². The third-order valence-corrected chi connectivity index (χ3v) is 4.80. The van der Waals surface area contributed by atoms with Crippen molar-refractivity contribution >= 4 is 45.9 Å². The molecule has 1 aliphatic rings. The monoisotopic (exact) mass is 327 g/mol. The molecule has 1 aromatic heterocycles. The van der Waals surface area contributed by atoms with Crippen LogP contribution in [0.4, 0.5) is 11.4 Å². The Labute approximate surface area is 132 Å².